The highest BCUT2D eigenvalue weighted by molar-refractivity contribution is 6.24. The Morgan fingerprint density at radius 1 is 0.867 bits per heavy atom. The topological polar surface area (TPSA) is 91.3 Å². The van der Waals surface area contributed by atoms with E-state index < -0.39 is 11.9 Å². The number of carbonyl (C=O) groups excluding carboxylic acids is 3. The van der Waals surface area contributed by atoms with Gasteiger partial charge in [-0.05, 0) is 79.0 Å². The second-order valence-electron chi connectivity index (χ2n) is 11.4. The lowest BCUT2D eigenvalue weighted by atomic mass is 9.90. The third-order valence-electron chi connectivity index (χ3n) is 8.35. The maximum Gasteiger partial charge on any atom is 0.337 e. The van der Waals surface area contributed by atoms with Crippen LogP contribution in [0.4, 0.5) is 17.1 Å². The first-order chi connectivity index (χ1) is 22.0. The van der Waals surface area contributed by atoms with Gasteiger partial charge in [-0.3, -0.25) is 19.5 Å². The number of fused-ring (bicyclic) bond motifs is 1. The number of piperidine rings is 1. The number of nitrogens with one attached hydrogen (secondary N) is 1. The zero-order chi connectivity index (χ0) is 31.2. The minimum atomic E-state index is -0.672. The highest BCUT2D eigenvalue weighted by atomic mass is 16.5. The molecule has 0 aliphatic carbocycles. The number of amides is 2. The molecule has 8 nitrogen and oxygen atoms in total. The van der Waals surface area contributed by atoms with Crippen LogP contribution in [0.3, 0.4) is 0 Å². The van der Waals surface area contributed by atoms with Crippen LogP contribution in [0.25, 0.3) is 0 Å². The summed E-state index contributed by atoms with van der Waals surface area (Å²) < 4.78 is 4.86. The predicted molar refractivity (Wildman–Crippen MR) is 176 cm³/mol. The van der Waals surface area contributed by atoms with Gasteiger partial charge in [-0.25, -0.2) is 4.79 Å². The van der Waals surface area contributed by atoms with Crippen LogP contribution in [0, 0.1) is 0 Å². The summed E-state index contributed by atoms with van der Waals surface area (Å²) in [6, 6.07) is 32.3. The molecule has 0 bridgehead atoms. The molecule has 1 unspecified atom stereocenters. The Morgan fingerprint density at radius 2 is 1.56 bits per heavy atom. The maximum atomic E-state index is 13.7. The molecule has 1 atom stereocenters. The molecule has 4 aromatic rings. The number of esters is 1. The van der Waals surface area contributed by atoms with Crippen LogP contribution in [-0.4, -0.2) is 55.1 Å². The van der Waals surface area contributed by atoms with Gasteiger partial charge in [0.2, 0.25) is 11.8 Å². The van der Waals surface area contributed by atoms with Crippen LogP contribution in [0.15, 0.2) is 108 Å². The Kier molecular flexibility index (Phi) is 9.12. The van der Waals surface area contributed by atoms with Crippen LogP contribution in [-0.2, 0) is 20.9 Å². The molecule has 228 valence electrons. The lowest BCUT2D eigenvalue weighted by molar-refractivity contribution is -0.120. The number of ether oxygens (including phenoxy) is 1. The third-order valence-corrected chi connectivity index (χ3v) is 8.35. The molecular formula is C37H36N4O4. The SMILES string of the molecule is COC(=O)c1ccc2c(c1)NC(=O)C2C(=Nc1ccc(N(Cc2ccccc2)C(=O)CN2CCCCC2)cc1)c1ccccc1. The van der Waals surface area contributed by atoms with Crippen molar-refractivity contribution >= 4 is 40.6 Å². The van der Waals surface area contributed by atoms with Gasteiger partial charge < -0.3 is 15.0 Å². The predicted octanol–water partition coefficient (Wildman–Crippen LogP) is 6.35. The van der Waals surface area contributed by atoms with E-state index in [-0.39, 0.29) is 11.8 Å². The Balaban J connectivity index is 1.32. The summed E-state index contributed by atoms with van der Waals surface area (Å²) in [5.41, 5.74) is 5.58. The van der Waals surface area contributed by atoms with E-state index in [1.165, 1.54) is 13.5 Å². The van der Waals surface area contributed by atoms with Crippen LogP contribution >= 0.6 is 0 Å². The van der Waals surface area contributed by atoms with Crippen molar-refractivity contribution in [3.05, 3.63) is 125 Å². The van der Waals surface area contributed by atoms with Crippen molar-refractivity contribution in [2.75, 3.05) is 37.0 Å². The summed E-state index contributed by atoms with van der Waals surface area (Å²) in [4.78, 5) is 48.2. The van der Waals surface area contributed by atoms with Crippen LogP contribution in [0.5, 0.6) is 0 Å². The van der Waals surface area contributed by atoms with Crippen molar-refractivity contribution in [2.45, 2.75) is 31.7 Å². The Hall–Kier alpha value is -5.08. The van der Waals surface area contributed by atoms with Crippen molar-refractivity contribution in [3.8, 4) is 0 Å². The van der Waals surface area contributed by atoms with E-state index >= 15 is 0 Å². The molecule has 0 saturated carbocycles. The Morgan fingerprint density at radius 3 is 2.24 bits per heavy atom. The third kappa shape index (κ3) is 6.86. The summed E-state index contributed by atoms with van der Waals surface area (Å²) in [7, 11) is 1.33. The minimum absolute atomic E-state index is 0.0625. The fourth-order valence-corrected chi connectivity index (χ4v) is 6.01. The number of hydrogen-bond acceptors (Lipinski definition) is 6. The van der Waals surface area contributed by atoms with Gasteiger partial charge >= 0.3 is 5.97 Å². The van der Waals surface area contributed by atoms with Crippen LogP contribution < -0.4 is 10.2 Å². The molecule has 1 fully saturated rings. The van der Waals surface area contributed by atoms with E-state index in [0.717, 1.165) is 48.3 Å². The molecule has 1 N–H and O–H groups in total. The van der Waals surface area contributed by atoms with Crippen molar-refractivity contribution in [1.82, 2.24) is 4.90 Å². The lowest BCUT2D eigenvalue weighted by Crippen LogP contribution is -2.42. The molecule has 0 radical (unpaired) electrons. The van der Waals surface area contributed by atoms with Gasteiger partial charge in [-0.1, -0.05) is 73.2 Å². The van der Waals surface area contributed by atoms with Gasteiger partial charge in [0, 0.05) is 11.4 Å². The van der Waals surface area contributed by atoms with Gasteiger partial charge in [0.05, 0.1) is 37.2 Å². The van der Waals surface area contributed by atoms with E-state index in [1.54, 1.807) is 18.2 Å². The fourth-order valence-electron chi connectivity index (χ4n) is 6.01. The zero-order valence-corrected chi connectivity index (χ0v) is 25.3. The smallest absolute Gasteiger partial charge is 0.337 e. The van der Waals surface area contributed by atoms with E-state index in [1.807, 2.05) is 89.8 Å². The summed E-state index contributed by atoms with van der Waals surface area (Å²) in [6.07, 6.45) is 3.46. The molecule has 0 spiro atoms. The van der Waals surface area contributed by atoms with Crippen molar-refractivity contribution in [3.63, 3.8) is 0 Å². The number of hydrogen-bond donors (Lipinski definition) is 1. The lowest BCUT2D eigenvalue weighted by Gasteiger charge is -2.30. The minimum Gasteiger partial charge on any atom is -0.465 e. The van der Waals surface area contributed by atoms with Gasteiger partial charge in [0.15, 0.2) is 0 Å². The molecule has 2 aliphatic heterocycles. The van der Waals surface area contributed by atoms with E-state index in [0.29, 0.717) is 35.7 Å². The monoisotopic (exact) mass is 600 g/mol. The molecule has 6 rings (SSSR count). The number of nitrogens with zero attached hydrogens (tertiary/aromatic N) is 3. The number of carbonyl (C=O) groups is 3. The van der Waals surface area contributed by atoms with Crippen molar-refractivity contribution < 1.29 is 19.1 Å². The number of anilines is 2. The molecule has 0 aromatic heterocycles. The molecular weight excluding hydrogens is 564 g/mol. The number of aliphatic imine (C=N–C) groups is 1. The normalized spacial score (nSPS) is 16.5. The number of rotatable bonds is 9. The maximum absolute atomic E-state index is 13.7. The second kappa shape index (κ2) is 13.7. The Labute approximate surface area is 263 Å². The zero-order valence-electron chi connectivity index (χ0n) is 25.3. The molecule has 45 heavy (non-hydrogen) atoms. The molecule has 2 aliphatic rings. The summed E-state index contributed by atoms with van der Waals surface area (Å²) in [5, 5.41) is 2.92. The van der Waals surface area contributed by atoms with Crippen molar-refractivity contribution in [2.24, 2.45) is 4.99 Å². The number of methoxy groups -OCH3 is 1. The molecule has 4 aromatic carbocycles. The van der Waals surface area contributed by atoms with Gasteiger partial charge in [0.25, 0.3) is 0 Å². The summed E-state index contributed by atoms with van der Waals surface area (Å²) in [5.74, 6) is -1.30. The second-order valence-corrected chi connectivity index (χ2v) is 11.4. The van der Waals surface area contributed by atoms with Gasteiger partial charge in [-0.15, -0.1) is 0 Å². The standard InChI is InChI=1S/C37H36N4O4/c1-45-37(44)28-15-20-31-32(23-28)39-36(43)34(31)35(27-13-7-3-8-14-27)38-29-16-18-30(19-17-29)41(24-26-11-5-2-6-12-26)33(42)25-40-21-9-4-10-22-40/h2-3,5-8,11-20,23,34H,4,9-10,21-22,24-25H2,1H3,(H,39,43). The highest BCUT2D eigenvalue weighted by Gasteiger charge is 2.36. The first-order valence-corrected chi connectivity index (χ1v) is 15.3. The van der Waals surface area contributed by atoms with E-state index in [9.17, 15) is 14.4 Å². The molecule has 1 saturated heterocycles. The largest absolute Gasteiger partial charge is 0.465 e. The number of benzene rings is 4. The van der Waals surface area contributed by atoms with Crippen LogP contribution in [0.1, 0.15) is 52.2 Å². The highest BCUT2D eigenvalue weighted by Crippen LogP contribution is 2.37. The van der Waals surface area contributed by atoms with E-state index in [2.05, 4.69) is 10.2 Å². The van der Waals surface area contributed by atoms with Gasteiger partial charge in [0.1, 0.15) is 5.92 Å². The fraction of sp³-hybridized carbons (Fsp3) is 0.243. The van der Waals surface area contributed by atoms with E-state index in [4.69, 9.17) is 9.73 Å². The molecule has 2 amide bonds. The summed E-state index contributed by atoms with van der Waals surface area (Å²) >= 11 is 0. The molecule has 8 heteroatoms. The molecule has 2 heterocycles. The van der Waals surface area contributed by atoms with Gasteiger partial charge in [-0.2, -0.15) is 0 Å². The Bertz CT molecular complexity index is 1700. The quantitative estimate of drug-likeness (QED) is 0.179. The first kappa shape index (κ1) is 30.0. The van der Waals surface area contributed by atoms with Crippen molar-refractivity contribution in [1.29, 1.82) is 0 Å². The van der Waals surface area contributed by atoms with Crippen LogP contribution in [0.2, 0.25) is 0 Å². The summed E-state index contributed by atoms with van der Waals surface area (Å²) in [6.45, 7) is 2.75. The first-order valence-electron chi connectivity index (χ1n) is 15.3. The average molecular weight is 601 g/mol. The number of likely N-dealkylation sites (tertiary alicyclic amines) is 1. The average Bonchev–Trinajstić information content (AvgIpc) is 3.41.